The summed E-state index contributed by atoms with van der Waals surface area (Å²) in [6, 6.07) is 7.51. The summed E-state index contributed by atoms with van der Waals surface area (Å²) in [7, 11) is 0. The van der Waals surface area contributed by atoms with Crippen LogP contribution in [-0.4, -0.2) is 21.3 Å². The Balaban J connectivity index is 2.18. The van der Waals surface area contributed by atoms with Crippen LogP contribution in [0.25, 0.3) is 5.57 Å². The zero-order valence-electron chi connectivity index (χ0n) is 15.5. The van der Waals surface area contributed by atoms with Gasteiger partial charge in [-0.3, -0.25) is 4.79 Å². The molecule has 0 bridgehead atoms. The van der Waals surface area contributed by atoms with Crippen molar-refractivity contribution in [3.8, 4) is 5.88 Å². The lowest BCUT2D eigenvalue weighted by molar-refractivity contribution is 0.101. The number of hydrogen-bond donors (Lipinski definition) is 1. The molecule has 28 heavy (non-hydrogen) atoms. The number of allylic oxidation sites excluding steroid dienone is 4. The topological polar surface area (TPSA) is 54.6 Å². The number of halogens is 2. The summed E-state index contributed by atoms with van der Waals surface area (Å²) in [5, 5.41) is 11.0. The van der Waals surface area contributed by atoms with Crippen LogP contribution in [0, 0.1) is 0 Å². The van der Waals surface area contributed by atoms with E-state index in [1.54, 1.807) is 16.7 Å². The van der Waals surface area contributed by atoms with Crippen LogP contribution in [0.15, 0.2) is 63.5 Å². The smallest absolute Gasteiger partial charge is 0.280 e. The van der Waals surface area contributed by atoms with Crippen LogP contribution < -0.4 is 0 Å². The zero-order valence-corrected chi connectivity index (χ0v) is 18.7. The number of benzene rings is 1. The molecule has 0 saturated heterocycles. The quantitative estimate of drug-likeness (QED) is 0.455. The van der Waals surface area contributed by atoms with Crippen LogP contribution in [0.2, 0.25) is 0 Å². The maximum absolute atomic E-state index is 12.8. The molecule has 1 aromatic heterocycles. The third-order valence-corrected chi connectivity index (χ3v) is 5.32. The third-order valence-electron chi connectivity index (χ3n) is 4.52. The first-order chi connectivity index (χ1) is 13.3. The number of nitrogens with zero attached hydrogens (tertiary/aromatic N) is 2. The van der Waals surface area contributed by atoms with Gasteiger partial charge in [0.25, 0.3) is 5.91 Å². The molecule has 1 N–H and O–H groups in total. The Hall–Kier alpha value is -2.18. The molecule has 0 atom stereocenters. The van der Waals surface area contributed by atoms with Crippen molar-refractivity contribution in [1.29, 1.82) is 0 Å². The fraction of sp³-hybridized carbons (Fsp3) is 0.182. The van der Waals surface area contributed by atoms with Gasteiger partial charge in [-0.2, -0.15) is 0 Å². The second-order valence-corrected chi connectivity index (χ2v) is 8.44. The number of unbranched alkanes of at least 4 members (excludes halogenated alkanes) is 1. The summed E-state index contributed by atoms with van der Waals surface area (Å²) >= 11 is 6.70. The Labute approximate surface area is 181 Å². The van der Waals surface area contributed by atoms with Crippen LogP contribution in [0.3, 0.4) is 0 Å². The van der Waals surface area contributed by atoms with Gasteiger partial charge in [-0.15, -0.1) is 0 Å². The van der Waals surface area contributed by atoms with E-state index in [2.05, 4.69) is 56.9 Å². The molecule has 2 heterocycles. The summed E-state index contributed by atoms with van der Waals surface area (Å²) in [6.07, 6.45) is 5.37. The molecule has 4 nitrogen and oxygen atoms in total. The second-order valence-electron chi connectivity index (χ2n) is 6.51. The summed E-state index contributed by atoms with van der Waals surface area (Å²) in [5.41, 5.74) is 3.37. The summed E-state index contributed by atoms with van der Waals surface area (Å²) in [6.45, 7) is 10.6. The molecule has 1 aromatic carbocycles. The highest BCUT2D eigenvalue weighted by molar-refractivity contribution is 9.11. The lowest BCUT2D eigenvalue weighted by atomic mass is 10.0. The maximum atomic E-state index is 12.8. The molecular weight excluding hydrogens is 484 g/mol. The van der Waals surface area contributed by atoms with E-state index in [1.807, 2.05) is 24.3 Å². The predicted octanol–water partition coefficient (Wildman–Crippen LogP) is 6.23. The number of carbonyl (C=O) groups is 1. The first-order valence-corrected chi connectivity index (χ1v) is 10.5. The number of amides is 1. The number of fused-ring (bicyclic) bond motifs is 1. The molecule has 1 aliphatic heterocycles. The van der Waals surface area contributed by atoms with E-state index in [0.717, 1.165) is 22.9 Å². The van der Waals surface area contributed by atoms with Gasteiger partial charge in [-0.05, 0) is 30.2 Å². The van der Waals surface area contributed by atoms with Gasteiger partial charge < -0.3 is 9.67 Å². The number of aromatic hydroxyl groups is 1. The molecule has 0 aliphatic carbocycles. The molecule has 3 rings (SSSR count). The van der Waals surface area contributed by atoms with Crippen molar-refractivity contribution in [3.63, 3.8) is 0 Å². The fourth-order valence-corrected chi connectivity index (χ4v) is 3.60. The van der Waals surface area contributed by atoms with Gasteiger partial charge in [0.2, 0.25) is 5.88 Å². The van der Waals surface area contributed by atoms with Crippen LogP contribution in [0.4, 0.5) is 0 Å². The molecule has 1 aliphatic rings. The Bertz CT molecular complexity index is 1030. The Morgan fingerprint density at radius 1 is 1.21 bits per heavy atom. The fourth-order valence-electron chi connectivity index (χ4n) is 3.21. The highest BCUT2D eigenvalue weighted by Gasteiger charge is 2.35. The van der Waals surface area contributed by atoms with E-state index < -0.39 is 0 Å². The lowest BCUT2D eigenvalue weighted by Crippen LogP contribution is -2.06. The van der Waals surface area contributed by atoms with Crippen molar-refractivity contribution in [2.45, 2.75) is 26.3 Å². The highest BCUT2D eigenvalue weighted by Crippen LogP contribution is 2.39. The monoisotopic (exact) mass is 502 g/mol. The van der Waals surface area contributed by atoms with E-state index in [1.165, 1.54) is 0 Å². The zero-order chi connectivity index (χ0) is 20.4. The molecule has 0 spiro atoms. The van der Waals surface area contributed by atoms with Crippen LogP contribution in [0.5, 0.6) is 5.88 Å². The van der Waals surface area contributed by atoms with Gasteiger partial charge in [0.1, 0.15) is 0 Å². The van der Waals surface area contributed by atoms with Gasteiger partial charge in [-0.1, -0.05) is 76.6 Å². The van der Waals surface area contributed by atoms with Crippen LogP contribution in [-0.2, 0) is 6.54 Å². The van der Waals surface area contributed by atoms with Crippen molar-refractivity contribution < 1.29 is 9.90 Å². The van der Waals surface area contributed by atoms with E-state index in [4.69, 9.17) is 0 Å². The van der Waals surface area contributed by atoms with Gasteiger partial charge in [0.15, 0.2) is 0 Å². The first kappa shape index (κ1) is 20.6. The molecule has 144 valence electrons. The van der Waals surface area contributed by atoms with Crippen LogP contribution in [0.1, 0.15) is 46.9 Å². The number of carbonyl (C=O) groups excluding carboxylic acids is 1. The van der Waals surface area contributed by atoms with E-state index >= 15 is 0 Å². The maximum Gasteiger partial charge on any atom is 0.280 e. The summed E-state index contributed by atoms with van der Waals surface area (Å²) < 4.78 is 3.39. The van der Waals surface area contributed by atoms with Gasteiger partial charge in [0, 0.05) is 21.1 Å². The normalized spacial score (nSPS) is 13.1. The average Bonchev–Trinajstić information content (AvgIpc) is 3.14. The molecule has 2 aromatic rings. The van der Waals surface area contributed by atoms with E-state index in [0.29, 0.717) is 39.1 Å². The SMILES string of the molecule is C=C(Br)/C=C\C(=C)c1c2c(c(O)n1CCCC)C(c1ccc(Br)cc1)=NC2=O. The van der Waals surface area contributed by atoms with Crippen molar-refractivity contribution in [3.05, 3.63) is 80.9 Å². The molecule has 0 saturated carbocycles. The summed E-state index contributed by atoms with van der Waals surface area (Å²) in [5.74, 6) is -0.307. The first-order valence-electron chi connectivity index (χ1n) is 8.91. The van der Waals surface area contributed by atoms with Crippen LogP contribution >= 0.6 is 31.9 Å². The number of rotatable bonds is 7. The largest absolute Gasteiger partial charge is 0.494 e. The van der Waals surface area contributed by atoms with Crippen molar-refractivity contribution in [2.24, 2.45) is 4.99 Å². The van der Waals surface area contributed by atoms with Gasteiger partial charge >= 0.3 is 0 Å². The molecule has 1 amide bonds. The van der Waals surface area contributed by atoms with Crippen molar-refractivity contribution in [1.82, 2.24) is 4.57 Å². The Kier molecular flexibility index (Phi) is 6.20. The minimum Gasteiger partial charge on any atom is -0.494 e. The molecule has 6 heteroatoms. The molecular formula is C22H20Br2N2O2. The van der Waals surface area contributed by atoms with Gasteiger partial charge in [0.05, 0.1) is 22.5 Å². The minimum absolute atomic E-state index is 0.0539. The highest BCUT2D eigenvalue weighted by atomic mass is 79.9. The minimum atomic E-state index is -0.360. The van der Waals surface area contributed by atoms with E-state index in [-0.39, 0.29) is 11.8 Å². The number of hydrogen-bond acceptors (Lipinski definition) is 2. The predicted molar refractivity (Wildman–Crippen MR) is 121 cm³/mol. The molecule has 0 radical (unpaired) electrons. The number of aliphatic imine (C=N–C) groups is 1. The Morgan fingerprint density at radius 2 is 1.89 bits per heavy atom. The lowest BCUT2D eigenvalue weighted by Gasteiger charge is -2.12. The van der Waals surface area contributed by atoms with E-state index in [9.17, 15) is 9.90 Å². The summed E-state index contributed by atoms with van der Waals surface area (Å²) in [4.78, 5) is 17.0. The molecule has 0 unspecified atom stereocenters. The Morgan fingerprint density at radius 3 is 2.50 bits per heavy atom. The van der Waals surface area contributed by atoms with Crippen molar-refractivity contribution >= 4 is 49.1 Å². The molecule has 0 fully saturated rings. The van der Waals surface area contributed by atoms with Gasteiger partial charge in [-0.25, -0.2) is 4.99 Å². The third kappa shape index (κ3) is 3.84. The number of aromatic nitrogens is 1. The van der Waals surface area contributed by atoms with Crippen molar-refractivity contribution in [2.75, 3.05) is 0 Å². The average molecular weight is 504 g/mol. The standard InChI is InChI=1S/C22H20Br2N2O2/c1-4-5-12-26-20(13(2)6-7-14(3)23)18-17(22(26)28)19(25-21(18)27)15-8-10-16(24)11-9-15/h6-11,28H,2-5,12H2,1H3/b7-6-. The second kappa shape index (κ2) is 8.45.